The molecule has 0 aliphatic carbocycles. The lowest BCUT2D eigenvalue weighted by atomic mass is 10.1. The van der Waals surface area contributed by atoms with Crippen molar-refractivity contribution >= 4 is 12.0 Å². The van der Waals surface area contributed by atoms with Crippen molar-refractivity contribution in [3.63, 3.8) is 0 Å². The van der Waals surface area contributed by atoms with Crippen molar-refractivity contribution in [2.24, 2.45) is 0 Å². The van der Waals surface area contributed by atoms with E-state index in [0.29, 0.717) is 5.69 Å². The summed E-state index contributed by atoms with van der Waals surface area (Å²) in [5.41, 5.74) is 1.46. The number of rotatable bonds is 3. The maximum Gasteiger partial charge on any atom is 0.373 e. The molecule has 0 fully saturated rings. The van der Waals surface area contributed by atoms with Gasteiger partial charge in [-0.05, 0) is 10.3 Å². The van der Waals surface area contributed by atoms with Gasteiger partial charge in [-0.25, -0.2) is 9.42 Å². The molecule has 0 radical (unpaired) electrons. The number of aliphatic hydroxyl groups is 1. The number of hydrogen-bond donors (Lipinski definition) is 1. The van der Waals surface area contributed by atoms with Crippen LogP contribution in [0.25, 0.3) is 17.3 Å². The molecule has 0 aliphatic rings. The Morgan fingerprint density at radius 2 is 2.06 bits per heavy atom. The highest BCUT2D eigenvalue weighted by atomic mass is 16.6. The van der Waals surface area contributed by atoms with E-state index in [9.17, 15) is 9.90 Å². The fourth-order valence-electron chi connectivity index (χ4n) is 1.38. The first-order valence-corrected chi connectivity index (χ1v) is 5.09. The third kappa shape index (κ3) is 2.37. The number of hydrogen-bond acceptors (Lipinski definition) is 6. The zero-order valence-corrected chi connectivity index (χ0v) is 9.53. The zero-order chi connectivity index (χ0) is 13.0. The number of ether oxygens (including phenoxy) is 1. The summed E-state index contributed by atoms with van der Waals surface area (Å²) in [6.07, 6.45) is 1.14. The minimum Gasteiger partial charge on any atom is -0.502 e. The van der Waals surface area contributed by atoms with Crippen LogP contribution in [0.15, 0.2) is 40.7 Å². The second kappa shape index (κ2) is 5.13. The van der Waals surface area contributed by atoms with Gasteiger partial charge in [0, 0.05) is 11.6 Å². The van der Waals surface area contributed by atoms with Crippen molar-refractivity contribution in [3.05, 3.63) is 41.8 Å². The molecule has 0 bridgehead atoms. The average Bonchev–Trinajstić information content (AvgIpc) is 2.86. The van der Waals surface area contributed by atoms with E-state index in [4.69, 9.17) is 0 Å². The van der Waals surface area contributed by atoms with Crippen molar-refractivity contribution in [2.75, 3.05) is 7.11 Å². The van der Waals surface area contributed by atoms with Crippen LogP contribution in [0.3, 0.4) is 0 Å². The van der Waals surface area contributed by atoms with Gasteiger partial charge >= 0.3 is 5.97 Å². The third-order valence-electron chi connectivity index (χ3n) is 2.23. The van der Waals surface area contributed by atoms with Gasteiger partial charge in [0.05, 0.1) is 7.11 Å². The number of aliphatic hydroxyl groups excluding tert-OH is 1. The van der Waals surface area contributed by atoms with Crippen LogP contribution in [0.1, 0.15) is 5.69 Å². The number of carbonyl (C=O) groups is 1. The molecule has 1 N–H and O–H groups in total. The molecule has 92 valence electrons. The predicted octanol–water partition coefficient (Wildman–Crippen LogP) is 1.81. The quantitative estimate of drug-likeness (QED) is 0.505. The SMILES string of the molecule is COC(=O)/C(O)=C/c1nonc1-c1ccccc1. The lowest BCUT2D eigenvalue weighted by molar-refractivity contribution is -0.138. The molecule has 2 aromatic rings. The summed E-state index contributed by atoms with van der Waals surface area (Å²) >= 11 is 0. The molecule has 0 unspecified atom stereocenters. The van der Waals surface area contributed by atoms with E-state index >= 15 is 0 Å². The molecule has 1 aromatic carbocycles. The van der Waals surface area contributed by atoms with Crippen molar-refractivity contribution in [3.8, 4) is 11.3 Å². The molecule has 0 atom stereocenters. The van der Waals surface area contributed by atoms with Crippen LogP contribution in [-0.2, 0) is 9.53 Å². The van der Waals surface area contributed by atoms with E-state index in [2.05, 4.69) is 19.7 Å². The average molecular weight is 246 g/mol. The van der Waals surface area contributed by atoms with Crippen LogP contribution in [0.4, 0.5) is 0 Å². The number of esters is 1. The molecular formula is C12H10N2O4. The minimum absolute atomic E-state index is 0.254. The normalized spacial score (nSPS) is 11.3. The van der Waals surface area contributed by atoms with Gasteiger partial charge in [-0.3, -0.25) is 0 Å². The number of aromatic nitrogens is 2. The predicted molar refractivity (Wildman–Crippen MR) is 62.4 cm³/mol. The van der Waals surface area contributed by atoms with Gasteiger partial charge in [0.1, 0.15) is 11.4 Å². The van der Waals surface area contributed by atoms with Crippen LogP contribution in [0, 0.1) is 0 Å². The molecule has 6 heteroatoms. The number of benzene rings is 1. The lowest BCUT2D eigenvalue weighted by Crippen LogP contribution is -2.03. The smallest absolute Gasteiger partial charge is 0.373 e. The first-order chi connectivity index (χ1) is 8.72. The summed E-state index contributed by atoms with van der Waals surface area (Å²) in [5.74, 6) is -1.41. The molecule has 6 nitrogen and oxygen atoms in total. The number of carbonyl (C=O) groups excluding carboxylic acids is 1. The molecular weight excluding hydrogens is 236 g/mol. The Kier molecular flexibility index (Phi) is 3.38. The van der Waals surface area contributed by atoms with Crippen molar-refractivity contribution in [2.45, 2.75) is 0 Å². The molecule has 0 amide bonds. The molecule has 0 spiro atoms. The maximum absolute atomic E-state index is 11.1. The van der Waals surface area contributed by atoms with Gasteiger partial charge in [-0.2, -0.15) is 0 Å². The summed E-state index contributed by atoms with van der Waals surface area (Å²) in [6, 6.07) is 9.14. The Morgan fingerprint density at radius 1 is 1.33 bits per heavy atom. The summed E-state index contributed by atoms with van der Waals surface area (Å²) in [6.45, 7) is 0. The molecule has 0 saturated carbocycles. The number of methoxy groups -OCH3 is 1. The highest BCUT2D eigenvalue weighted by molar-refractivity contribution is 5.91. The molecule has 0 saturated heterocycles. The van der Waals surface area contributed by atoms with E-state index < -0.39 is 11.7 Å². The van der Waals surface area contributed by atoms with E-state index in [1.165, 1.54) is 7.11 Å². The van der Waals surface area contributed by atoms with Crippen molar-refractivity contribution in [1.82, 2.24) is 10.3 Å². The Bertz CT molecular complexity index is 575. The maximum atomic E-state index is 11.1. The summed E-state index contributed by atoms with van der Waals surface area (Å²) in [7, 11) is 1.17. The van der Waals surface area contributed by atoms with Gasteiger partial charge in [0.25, 0.3) is 0 Å². The third-order valence-corrected chi connectivity index (χ3v) is 2.23. The highest BCUT2D eigenvalue weighted by Gasteiger charge is 2.14. The zero-order valence-electron chi connectivity index (χ0n) is 9.53. The first kappa shape index (κ1) is 11.8. The van der Waals surface area contributed by atoms with E-state index in [1.54, 1.807) is 0 Å². The second-order valence-corrected chi connectivity index (χ2v) is 3.39. The topological polar surface area (TPSA) is 85.5 Å². The van der Waals surface area contributed by atoms with Gasteiger partial charge in [-0.15, -0.1) is 0 Å². The monoisotopic (exact) mass is 246 g/mol. The van der Waals surface area contributed by atoms with Gasteiger partial charge in [0.15, 0.2) is 0 Å². The summed E-state index contributed by atoms with van der Waals surface area (Å²) in [5, 5.41) is 16.8. The van der Waals surface area contributed by atoms with E-state index in [-0.39, 0.29) is 5.69 Å². The first-order valence-electron chi connectivity index (χ1n) is 5.09. The molecule has 1 heterocycles. The number of nitrogens with zero attached hydrogens (tertiary/aromatic N) is 2. The van der Waals surface area contributed by atoms with Gasteiger partial charge in [0.2, 0.25) is 5.76 Å². The standard InChI is InChI=1S/C12H10N2O4/c1-17-12(16)10(15)7-9-11(14-18-13-9)8-5-3-2-4-6-8/h2-7,15H,1H3/b10-7-. The van der Waals surface area contributed by atoms with Crippen LogP contribution in [-0.4, -0.2) is 28.5 Å². The molecule has 18 heavy (non-hydrogen) atoms. The Hall–Kier alpha value is -2.63. The summed E-state index contributed by atoms with van der Waals surface area (Å²) < 4.78 is 8.98. The van der Waals surface area contributed by atoms with E-state index in [0.717, 1.165) is 11.6 Å². The van der Waals surface area contributed by atoms with Crippen LogP contribution < -0.4 is 0 Å². The molecule has 1 aromatic heterocycles. The van der Waals surface area contributed by atoms with Gasteiger partial charge < -0.3 is 9.84 Å². The van der Waals surface area contributed by atoms with Crippen LogP contribution in [0.5, 0.6) is 0 Å². The van der Waals surface area contributed by atoms with Crippen molar-refractivity contribution in [1.29, 1.82) is 0 Å². The molecule has 0 aliphatic heterocycles. The largest absolute Gasteiger partial charge is 0.502 e. The van der Waals surface area contributed by atoms with E-state index in [1.807, 2.05) is 30.3 Å². The van der Waals surface area contributed by atoms with Crippen LogP contribution >= 0.6 is 0 Å². The fourth-order valence-corrected chi connectivity index (χ4v) is 1.38. The summed E-state index contributed by atoms with van der Waals surface area (Å²) in [4.78, 5) is 11.1. The van der Waals surface area contributed by atoms with Crippen LogP contribution in [0.2, 0.25) is 0 Å². The highest BCUT2D eigenvalue weighted by Crippen LogP contribution is 2.21. The minimum atomic E-state index is -0.850. The van der Waals surface area contributed by atoms with Crippen molar-refractivity contribution < 1.29 is 19.3 Å². The molecule has 2 rings (SSSR count). The Balaban J connectivity index is 2.38. The Labute approximate surface area is 102 Å². The van der Waals surface area contributed by atoms with Gasteiger partial charge in [-0.1, -0.05) is 30.3 Å². The second-order valence-electron chi connectivity index (χ2n) is 3.39. The lowest BCUT2D eigenvalue weighted by Gasteiger charge is -1.97. The Morgan fingerprint density at radius 3 is 2.72 bits per heavy atom. The fraction of sp³-hybridized carbons (Fsp3) is 0.0833.